The van der Waals surface area contributed by atoms with Crippen molar-refractivity contribution < 1.29 is 9.53 Å². The molecule has 3 aromatic rings. The quantitative estimate of drug-likeness (QED) is 0.602. The first kappa shape index (κ1) is 20.4. The van der Waals surface area contributed by atoms with E-state index in [1.54, 1.807) is 17.5 Å². The standard InChI is InChI=1S/C21H24N6O2S/c1-15-14-30-21(24-15)26-19-7-4-6-17(25-19)18-12-27(9-10-29-18)13-20(28)23-11-16-5-2-3-8-22-16/h2-8,14,18H,9-13H2,1H3,(H,23,28)(H,24,25,26). The lowest BCUT2D eigenvalue weighted by Crippen LogP contribution is -2.44. The van der Waals surface area contributed by atoms with Gasteiger partial charge in [-0.2, -0.15) is 0 Å². The van der Waals surface area contributed by atoms with Gasteiger partial charge in [-0.05, 0) is 31.2 Å². The number of carbonyl (C=O) groups excluding carboxylic acids is 1. The van der Waals surface area contributed by atoms with E-state index in [4.69, 9.17) is 4.74 Å². The number of aromatic nitrogens is 3. The van der Waals surface area contributed by atoms with Crippen molar-refractivity contribution in [2.24, 2.45) is 0 Å². The van der Waals surface area contributed by atoms with Gasteiger partial charge in [0.25, 0.3) is 0 Å². The summed E-state index contributed by atoms with van der Waals surface area (Å²) in [6.07, 6.45) is 1.54. The summed E-state index contributed by atoms with van der Waals surface area (Å²) < 4.78 is 5.93. The van der Waals surface area contributed by atoms with Gasteiger partial charge < -0.3 is 15.4 Å². The summed E-state index contributed by atoms with van der Waals surface area (Å²) in [5, 5.41) is 8.97. The Balaban J connectivity index is 1.32. The highest BCUT2D eigenvalue weighted by Crippen LogP contribution is 2.24. The van der Waals surface area contributed by atoms with Crippen LogP contribution in [-0.4, -0.2) is 52.0 Å². The van der Waals surface area contributed by atoms with Crippen LogP contribution in [0.15, 0.2) is 48.0 Å². The van der Waals surface area contributed by atoms with Gasteiger partial charge >= 0.3 is 0 Å². The number of amides is 1. The maximum Gasteiger partial charge on any atom is 0.234 e. The molecule has 0 aliphatic carbocycles. The molecular formula is C21H24N6O2S. The second kappa shape index (κ2) is 9.75. The molecule has 0 saturated carbocycles. The van der Waals surface area contributed by atoms with Crippen molar-refractivity contribution in [2.45, 2.75) is 19.6 Å². The van der Waals surface area contributed by atoms with Crippen molar-refractivity contribution in [3.05, 3.63) is 65.1 Å². The van der Waals surface area contributed by atoms with E-state index >= 15 is 0 Å². The van der Waals surface area contributed by atoms with Gasteiger partial charge in [-0.3, -0.25) is 14.7 Å². The normalized spacial score (nSPS) is 16.9. The highest BCUT2D eigenvalue weighted by molar-refractivity contribution is 7.13. The van der Waals surface area contributed by atoms with Crippen LogP contribution < -0.4 is 10.6 Å². The van der Waals surface area contributed by atoms with Crippen LogP contribution in [0, 0.1) is 6.92 Å². The molecule has 0 aromatic carbocycles. The number of anilines is 2. The summed E-state index contributed by atoms with van der Waals surface area (Å²) in [6.45, 7) is 4.60. The number of ether oxygens (including phenoxy) is 1. The van der Waals surface area contributed by atoms with Crippen molar-refractivity contribution in [3.8, 4) is 0 Å². The summed E-state index contributed by atoms with van der Waals surface area (Å²) in [5.74, 6) is 0.708. The van der Waals surface area contributed by atoms with Crippen LogP contribution >= 0.6 is 11.3 Å². The van der Waals surface area contributed by atoms with Crippen LogP contribution in [0.3, 0.4) is 0 Å². The molecule has 1 atom stereocenters. The Kier molecular flexibility index (Phi) is 6.63. The molecule has 8 nitrogen and oxygen atoms in total. The average molecular weight is 425 g/mol. The molecule has 1 aliphatic rings. The molecule has 4 rings (SSSR count). The third-order valence-electron chi connectivity index (χ3n) is 4.67. The van der Waals surface area contributed by atoms with Gasteiger partial charge in [0.05, 0.1) is 36.8 Å². The largest absolute Gasteiger partial charge is 0.369 e. The number of pyridine rings is 2. The Labute approximate surface area is 179 Å². The Morgan fingerprint density at radius 3 is 3.00 bits per heavy atom. The minimum absolute atomic E-state index is 0.0242. The number of nitrogens with zero attached hydrogens (tertiary/aromatic N) is 4. The predicted molar refractivity (Wildman–Crippen MR) is 116 cm³/mol. The van der Waals surface area contributed by atoms with Gasteiger partial charge in [-0.15, -0.1) is 11.3 Å². The molecule has 1 aliphatic heterocycles. The number of thiazole rings is 1. The van der Waals surface area contributed by atoms with Crippen LogP contribution in [0.5, 0.6) is 0 Å². The first-order valence-electron chi connectivity index (χ1n) is 9.82. The second-order valence-corrected chi connectivity index (χ2v) is 7.92. The second-order valence-electron chi connectivity index (χ2n) is 7.06. The Morgan fingerprint density at radius 2 is 2.20 bits per heavy atom. The van der Waals surface area contributed by atoms with Crippen LogP contribution in [0.25, 0.3) is 0 Å². The molecule has 3 aromatic heterocycles. The SMILES string of the molecule is Cc1csc(Nc2cccc(C3CN(CC(=O)NCc4ccccn4)CCO3)n2)n1. The van der Waals surface area contributed by atoms with Crippen molar-refractivity contribution in [3.63, 3.8) is 0 Å². The van der Waals surface area contributed by atoms with Crippen LogP contribution in [0.2, 0.25) is 0 Å². The van der Waals surface area contributed by atoms with Crippen LogP contribution in [-0.2, 0) is 16.1 Å². The van der Waals surface area contributed by atoms with Gasteiger partial charge in [0.15, 0.2) is 5.13 Å². The van der Waals surface area contributed by atoms with Crippen molar-refractivity contribution in [1.29, 1.82) is 0 Å². The van der Waals surface area contributed by atoms with Gasteiger partial charge in [-0.1, -0.05) is 12.1 Å². The lowest BCUT2D eigenvalue weighted by atomic mass is 10.2. The zero-order valence-electron chi connectivity index (χ0n) is 16.7. The van der Waals surface area contributed by atoms with E-state index in [-0.39, 0.29) is 12.0 Å². The topological polar surface area (TPSA) is 92.3 Å². The zero-order chi connectivity index (χ0) is 20.8. The molecule has 30 heavy (non-hydrogen) atoms. The smallest absolute Gasteiger partial charge is 0.234 e. The molecule has 4 heterocycles. The monoisotopic (exact) mass is 424 g/mol. The molecule has 1 saturated heterocycles. The van der Waals surface area contributed by atoms with E-state index in [9.17, 15) is 4.79 Å². The maximum absolute atomic E-state index is 12.3. The summed E-state index contributed by atoms with van der Waals surface area (Å²) in [5.41, 5.74) is 2.66. The predicted octanol–water partition coefficient (Wildman–Crippen LogP) is 2.67. The number of aryl methyl sites for hydroxylation is 1. The number of nitrogens with one attached hydrogen (secondary N) is 2. The first-order chi connectivity index (χ1) is 14.7. The number of hydrogen-bond acceptors (Lipinski definition) is 8. The van der Waals surface area contributed by atoms with E-state index in [2.05, 4.69) is 30.5 Å². The van der Waals surface area contributed by atoms with Crippen LogP contribution in [0.1, 0.15) is 23.2 Å². The third kappa shape index (κ3) is 5.59. The molecular weight excluding hydrogens is 400 g/mol. The van der Waals surface area contributed by atoms with Gasteiger partial charge in [0, 0.05) is 24.7 Å². The van der Waals surface area contributed by atoms with E-state index in [0.717, 1.165) is 28.0 Å². The molecule has 1 amide bonds. The van der Waals surface area contributed by atoms with E-state index in [0.29, 0.717) is 32.8 Å². The molecule has 156 valence electrons. The number of carbonyl (C=O) groups is 1. The zero-order valence-corrected chi connectivity index (χ0v) is 17.6. The molecule has 0 radical (unpaired) electrons. The molecule has 2 N–H and O–H groups in total. The van der Waals surface area contributed by atoms with Gasteiger partial charge in [0.2, 0.25) is 5.91 Å². The summed E-state index contributed by atoms with van der Waals surface area (Å²) in [7, 11) is 0. The van der Waals surface area contributed by atoms with E-state index in [1.807, 2.05) is 48.7 Å². The molecule has 9 heteroatoms. The highest BCUT2D eigenvalue weighted by Gasteiger charge is 2.24. The molecule has 0 bridgehead atoms. The van der Waals surface area contributed by atoms with Crippen molar-refractivity contribution in [2.75, 3.05) is 31.6 Å². The summed E-state index contributed by atoms with van der Waals surface area (Å²) >= 11 is 1.55. The van der Waals surface area contributed by atoms with Gasteiger partial charge in [-0.25, -0.2) is 9.97 Å². The van der Waals surface area contributed by atoms with E-state index in [1.165, 1.54) is 0 Å². The fourth-order valence-electron chi connectivity index (χ4n) is 3.20. The average Bonchev–Trinajstić information content (AvgIpc) is 3.18. The lowest BCUT2D eigenvalue weighted by Gasteiger charge is -2.32. The minimum Gasteiger partial charge on any atom is -0.369 e. The Bertz CT molecular complexity index is 980. The number of hydrogen-bond donors (Lipinski definition) is 2. The number of morpholine rings is 1. The highest BCUT2D eigenvalue weighted by atomic mass is 32.1. The fourth-order valence-corrected chi connectivity index (χ4v) is 3.89. The van der Waals surface area contributed by atoms with Crippen LogP contribution in [0.4, 0.5) is 10.9 Å². The number of rotatable bonds is 7. The van der Waals surface area contributed by atoms with Crippen molar-refractivity contribution >= 4 is 28.2 Å². The summed E-state index contributed by atoms with van der Waals surface area (Å²) in [4.78, 5) is 27.7. The maximum atomic E-state index is 12.3. The van der Waals surface area contributed by atoms with Gasteiger partial charge in [0.1, 0.15) is 11.9 Å². The third-order valence-corrected chi connectivity index (χ3v) is 5.54. The Hall–Kier alpha value is -2.88. The molecule has 1 unspecified atom stereocenters. The molecule has 1 fully saturated rings. The fraction of sp³-hybridized carbons (Fsp3) is 0.333. The first-order valence-corrected chi connectivity index (χ1v) is 10.7. The molecule has 0 spiro atoms. The van der Waals surface area contributed by atoms with Crippen molar-refractivity contribution in [1.82, 2.24) is 25.2 Å². The van der Waals surface area contributed by atoms with E-state index < -0.39 is 0 Å². The summed E-state index contributed by atoms with van der Waals surface area (Å²) in [6, 6.07) is 11.5. The lowest BCUT2D eigenvalue weighted by molar-refractivity contribution is -0.124. The minimum atomic E-state index is -0.179. The Morgan fingerprint density at radius 1 is 1.27 bits per heavy atom.